The van der Waals surface area contributed by atoms with Crippen molar-refractivity contribution in [2.75, 3.05) is 12.4 Å². The molecule has 3 nitrogen and oxygen atoms in total. The lowest BCUT2D eigenvalue weighted by atomic mass is 10.0. The predicted octanol–water partition coefficient (Wildman–Crippen LogP) is 3.56. The first-order valence-corrected chi connectivity index (χ1v) is 7.70. The standard InChI is InChI=1S/C16H22ClNO2/c1-11(2)20-14-6-4-5-13(9-14)16(19)18-8-7-12(3)15(18)10-17/h4-6,9,11-12,15H,7-8,10H2,1-3H3. The minimum atomic E-state index is 0.0502. The van der Waals surface area contributed by atoms with Crippen LogP contribution in [0.1, 0.15) is 37.6 Å². The van der Waals surface area contributed by atoms with Crippen molar-refractivity contribution >= 4 is 17.5 Å². The van der Waals surface area contributed by atoms with Gasteiger partial charge in [0.05, 0.1) is 6.10 Å². The van der Waals surface area contributed by atoms with Gasteiger partial charge in [0.1, 0.15) is 5.75 Å². The van der Waals surface area contributed by atoms with E-state index in [0.717, 1.165) is 18.7 Å². The highest BCUT2D eigenvalue weighted by molar-refractivity contribution is 6.18. The third-order valence-electron chi connectivity index (χ3n) is 3.75. The molecule has 1 heterocycles. The number of ether oxygens (including phenoxy) is 1. The summed E-state index contributed by atoms with van der Waals surface area (Å²) in [5, 5.41) is 0. The Labute approximate surface area is 125 Å². The second-order valence-electron chi connectivity index (χ2n) is 5.68. The number of amides is 1. The molecule has 1 aromatic rings. The van der Waals surface area contributed by atoms with Crippen LogP contribution in [0.4, 0.5) is 0 Å². The van der Waals surface area contributed by atoms with Gasteiger partial charge in [-0.05, 0) is 44.4 Å². The lowest BCUT2D eigenvalue weighted by molar-refractivity contribution is 0.0736. The van der Waals surface area contributed by atoms with E-state index in [1.165, 1.54) is 0 Å². The van der Waals surface area contributed by atoms with E-state index in [1.807, 2.05) is 43.0 Å². The van der Waals surface area contributed by atoms with Crippen LogP contribution in [0.25, 0.3) is 0 Å². The molecule has 1 aromatic carbocycles. The molecule has 2 atom stereocenters. The number of halogens is 1. The highest BCUT2D eigenvalue weighted by Gasteiger charge is 2.34. The average molecular weight is 296 g/mol. The number of benzene rings is 1. The van der Waals surface area contributed by atoms with E-state index in [4.69, 9.17) is 16.3 Å². The van der Waals surface area contributed by atoms with E-state index in [1.54, 1.807) is 0 Å². The topological polar surface area (TPSA) is 29.5 Å². The van der Waals surface area contributed by atoms with Crippen LogP contribution in [0.2, 0.25) is 0 Å². The van der Waals surface area contributed by atoms with Gasteiger partial charge in [0.25, 0.3) is 5.91 Å². The van der Waals surface area contributed by atoms with Gasteiger partial charge in [-0.15, -0.1) is 11.6 Å². The normalized spacial score (nSPS) is 22.4. The zero-order valence-electron chi connectivity index (χ0n) is 12.3. The molecule has 0 radical (unpaired) electrons. The van der Waals surface area contributed by atoms with Crippen molar-refractivity contribution in [2.24, 2.45) is 5.92 Å². The number of likely N-dealkylation sites (tertiary alicyclic amines) is 1. The van der Waals surface area contributed by atoms with Crippen molar-refractivity contribution in [3.8, 4) is 5.75 Å². The zero-order chi connectivity index (χ0) is 14.7. The van der Waals surface area contributed by atoms with Crippen LogP contribution in [0.3, 0.4) is 0 Å². The molecule has 0 saturated carbocycles. The maximum absolute atomic E-state index is 12.6. The highest BCUT2D eigenvalue weighted by Crippen LogP contribution is 2.27. The van der Waals surface area contributed by atoms with Gasteiger partial charge in [-0.1, -0.05) is 13.0 Å². The smallest absolute Gasteiger partial charge is 0.254 e. The quantitative estimate of drug-likeness (QED) is 0.795. The fourth-order valence-corrected chi connectivity index (χ4v) is 3.11. The largest absolute Gasteiger partial charge is 0.491 e. The monoisotopic (exact) mass is 295 g/mol. The van der Waals surface area contributed by atoms with E-state index in [9.17, 15) is 4.79 Å². The molecule has 110 valence electrons. The third kappa shape index (κ3) is 3.26. The Morgan fingerprint density at radius 1 is 1.50 bits per heavy atom. The Morgan fingerprint density at radius 2 is 2.25 bits per heavy atom. The van der Waals surface area contributed by atoms with Crippen LogP contribution in [-0.2, 0) is 0 Å². The van der Waals surface area contributed by atoms with Gasteiger partial charge in [-0.2, -0.15) is 0 Å². The summed E-state index contributed by atoms with van der Waals surface area (Å²) < 4.78 is 5.65. The maximum atomic E-state index is 12.6. The molecular weight excluding hydrogens is 274 g/mol. The van der Waals surface area contributed by atoms with Crippen LogP contribution >= 0.6 is 11.6 Å². The molecule has 0 bridgehead atoms. The second kappa shape index (κ2) is 6.49. The van der Waals surface area contributed by atoms with E-state index in [2.05, 4.69) is 6.92 Å². The van der Waals surface area contributed by atoms with Crippen LogP contribution in [0, 0.1) is 5.92 Å². The van der Waals surface area contributed by atoms with Crippen molar-refractivity contribution < 1.29 is 9.53 Å². The third-order valence-corrected chi connectivity index (χ3v) is 4.07. The molecule has 1 fully saturated rings. The van der Waals surface area contributed by atoms with Crippen molar-refractivity contribution in [1.82, 2.24) is 4.90 Å². The summed E-state index contributed by atoms with van der Waals surface area (Å²) in [6.07, 6.45) is 1.12. The van der Waals surface area contributed by atoms with Gasteiger partial charge < -0.3 is 9.64 Å². The summed E-state index contributed by atoms with van der Waals surface area (Å²) in [5.74, 6) is 1.75. The number of rotatable bonds is 4. The Hall–Kier alpha value is -1.22. The van der Waals surface area contributed by atoms with Gasteiger partial charge in [0.2, 0.25) is 0 Å². The Balaban J connectivity index is 2.16. The first-order chi connectivity index (χ1) is 9.52. The first-order valence-electron chi connectivity index (χ1n) is 7.16. The Morgan fingerprint density at radius 3 is 2.90 bits per heavy atom. The molecule has 0 aliphatic carbocycles. The molecule has 0 spiro atoms. The van der Waals surface area contributed by atoms with Gasteiger partial charge >= 0.3 is 0 Å². The Kier molecular flexibility index (Phi) is 4.92. The number of alkyl halides is 1. The zero-order valence-corrected chi connectivity index (χ0v) is 13.1. The van der Waals surface area contributed by atoms with Gasteiger partial charge in [0, 0.05) is 24.0 Å². The average Bonchev–Trinajstić information content (AvgIpc) is 2.78. The summed E-state index contributed by atoms with van der Waals surface area (Å²) >= 11 is 6.01. The summed E-state index contributed by atoms with van der Waals surface area (Å²) in [4.78, 5) is 14.5. The van der Waals surface area contributed by atoms with Crippen LogP contribution in [0.15, 0.2) is 24.3 Å². The number of hydrogen-bond acceptors (Lipinski definition) is 2. The molecule has 1 aliphatic heterocycles. The van der Waals surface area contributed by atoms with E-state index < -0.39 is 0 Å². The van der Waals surface area contributed by atoms with Crippen molar-refractivity contribution in [3.05, 3.63) is 29.8 Å². The van der Waals surface area contributed by atoms with Gasteiger partial charge in [-0.3, -0.25) is 4.79 Å². The minimum absolute atomic E-state index is 0.0502. The van der Waals surface area contributed by atoms with E-state index >= 15 is 0 Å². The van der Waals surface area contributed by atoms with Gasteiger partial charge in [-0.25, -0.2) is 0 Å². The fourth-order valence-electron chi connectivity index (χ4n) is 2.64. The lowest BCUT2D eigenvalue weighted by Gasteiger charge is -2.25. The highest BCUT2D eigenvalue weighted by atomic mass is 35.5. The van der Waals surface area contributed by atoms with Crippen LogP contribution < -0.4 is 4.74 Å². The summed E-state index contributed by atoms with van der Waals surface area (Å²) in [5.41, 5.74) is 0.673. The summed E-state index contributed by atoms with van der Waals surface area (Å²) in [7, 11) is 0. The molecule has 2 unspecified atom stereocenters. The number of nitrogens with zero attached hydrogens (tertiary/aromatic N) is 1. The van der Waals surface area contributed by atoms with Gasteiger partial charge in [0.15, 0.2) is 0 Å². The minimum Gasteiger partial charge on any atom is -0.491 e. The number of hydrogen-bond donors (Lipinski definition) is 0. The molecule has 1 saturated heterocycles. The second-order valence-corrected chi connectivity index (χ2v) is 5.99. The molecule has 0 aromatic heterocycles. The molecular formula is C16H22ClNO2. The molecule has 2 rings (SSSR count). The summed E-state index contributed by atoms with van der Waals surface area (Å²) in [6.45, 7) is 6.88. The molecule has 20 heavy (non-hydrogen) atoms. The SMILES string of the molecule is CC(C)Oc1cccc(C(=O)N2CCC(C)C2CCl)c1. The Bertz CT molecular complexity index is 475. The van der Waals surface area contributed by atoms with Crippen molar-refractivity contribution in [1.29, 1.82) is 0 Å². The molecule has 0 N–H and O–H groups in total. The van der Waals surface area contributed by atoms with Crippen molar-refractivity contribution in [2.45, 2.75) is 39.3 Å². The van der Waals surface area contributed by atoms with E-state index in [-0.39, 0.29) is 18.1 Å². The molecule has 1 aliphatic rings. The fraction of sp³-hybridized carbons (Fsp3) is 0.562. The molecule has 1 amide bonds. The predicted molar refractivity (Wildman–Crippen MR) is 81.5 cm³/mol. The first kappa shape index (κ1) is 15.2. The lowest BCUT2D eigenvalue weighted by Crippen LogP contribution is -2.38. The van der Waals surface area contributed by atoms with Crippen molar-refractivity contribution in [3.63, 3.8) is 0 Å². The number of carbonyl (C=O) groups excluding carboxylic acids is 1. The summed E-state index contributed by atoms with van der Waals surface area (Å²) in [6, 6.07) is 7.53. The number of carbonyl (C=O) groups is 1. The molecule has 4 heteroatoms. The maximum Gasteiger partial charge on any atom is 0.254 e. The van der Waals surface area contributed by atoms with Crippen LogP contribution in [-0.4, -0.2) is 35.4 Å². The van der Waals surface area contributed by atoms with Crippen LogP contribution in [0.5, 0.6) is 5.75 Å². The van der Waals surface area contributed by atoms with E-state index in [0.29, 0.717) is 17.4 Å².